The molecular formula is C32H32ClFN4O4. The van der Waals surface area contributed by atoms with Gasteiger partial charge in [-0.3, -0.25) is 14.3 Å². The van der Waals surface area contributed by atoms with E-state index in [0.717, 1.165) is 49.9 Å². The van der Waals surface area contributed by atoms with Crippen LogP contribution >= 0.6 is 11.6 Å². The topological polar surface area (TPSA) is 96.7 Å². The number of fused-ring (bicyclic) bond motifs is 1. The van der Waals surface area contributed by atoms with E-state index >= 15 is 0 Å². The first kappa shape index (κ1) is 28.3. The number of carbonyl (C=O) groups excluding carboxylic acids is 2. The van der Waals surface area contributed by atoms with Gasteiger partial charge in [-0.15, -0.1) is 0 Å². The van der Waals surface area contributed by atoms with Crippen LogP contribution in [0.5, 0.6) is 5.75 Å². The van der Waals surface area contributed by atoms with Crippen LogP contribution in [-0.2, 0) is 11.3 Å². The van der Waals surface area contributed by atoms with Crippen LogP contribution in [0.3, 0.4) is 0 Å². The highest BCUT2D eigenvalue weighted by Gasteiger charge is 2.30. The number of ketones is 1. The molecule has 0 spiro atoms. The molecule has 3 aromatic carbocycles. The Morgan fingerprint density at radius 1 is 1.07 bits per heavy atom. The molecule has 6 rings (SSSR count). The average Bonchev–Trinajstić information content (AvgIpc) is 3.49. The molecule has 4 aromatic rings. The van der Waals surface area contributed by atoms with Gasteiger partial charge in [0.25, 0.3) is 5.91 Å². The van der Waals surface area contributed by atoms with Crippen LogP contribution in [0.2, 0.25) is 5.02 Å². The predicted octanol–water partition coefficient (Wildman–Crippen LogP) is 4.92. The number of aliphatic hydroxyl groups excluding tert-OH is 1. The van der Waals surface area contributed by atoms with Crippen LogP contribution in [-0.4, -0.2) is 63.3 Å². The lowest BCUT2D eigenvalue weighted by molar-refractivity contribution is -0.118. The minimum absolute atomic E-state index is 0.190. The summed E-state index contributed by atoms with van der Waals surface area (Å²) in [6.07, 6.45) is 4.84. The summed E-state index contributed by atoms with van der Waals surface area (Å²) < 4.78 is 20.8. The highest BCUT2D eigenvalue weighted by Crippen LogP contribution is 2.34. The number of ether oxygens (including phenoxy) is 1. The summed E-state index contributed by atoms with van der Waals surface area (Å²) in [6, 6.07) is 15.6. The van der Waals surface area contributed by atoms with Crippen molar-refractivity contribution in [1.82, 2.24) is 20.0 Å². The molecule has 2 atom stereocenters. The van der Waals surface area contributed by atoms with Crippen molar-refractivity contribution >= 4 is 34.2 Å². The monoisotopic (exact) mass is 590 g/mol. The van der Waals surface area contributed by atoms with Crippen molar-refractivity contribution in [2.75, 3.05) is 19.6 Å². The lowest BCUT2D eigenvalue weighted by Gasteiger charge is -2.28. The Hall–Kier alpha value is -3.79. The Morgan fingerprint density at radius 3 is 2.55 bits per heavy atom. The number of hydrogen-bond acceptors (Lipinski definition) is 6. The number of aliphatic hydroxyl groups is 1. The molecule has 0 radical (unpaired) electrons. The first-order valence-electron chi connectivity index (χ1n) is 14.3. The molecule has 1 amide bonds. The van der Waals surface area contributed by atoms with E-state index < -0.39 is 23.8 Å². The number of carbonyl (C=O) groups is 2. The van der Waals surface area contributed by atoms with E-state index in [9.17, 15) is 19.1 Å². The van der Waals surface area contributed by atoms with Crippen molar-refractivity contribution in [3.63, 3.8) is 0 Å². The molecule has 2 aliphatic rings. The number of Topliss-reactive ketones (excluding diaryl/α,β-unsaturated/α-hetero) is 1. The van der Waals surface area contributed by atoms with Gasteiger partial charge in [0.1, 0.15) is 17.7 Å². The Morgan fingerprint density at radius 2 is 1.83 bits per heavy atom. The molecule has 1 aliphatic carbocycles. The summed E-state index contributed by atoms with van der Waals surface area (Å²) in [5.41, 5.74) is 2.43. The summed E-state index contributed by atoms with van der Waals surface area (Å²) >= 11 is 6.45. The minimum atomic E-state index is -1.08. The highest BCUT2D eigenvalue weighted by molar-refractivity contribution is 6.43. The molecule has 0 bridgehead atoms. The van der Waals surface area contributed by atoms with Crippen molar-refractivity contribution in [3.8, 4) is 5.75 Å². The summed E-state index contributed by atoms with van der Waals surface area (Å²) in [5, 5.41) is 19.7. The van der Waals surface area contributed by atoms with E-state index in [2.05, 4.69) is 15.3 Å². The molecule has 10 heteroatoms. The number of nitrogens with zero attached hydrogens (tertiary/aromatic N) is 3. The molecule has 2 N–H and O–H groups in total. The summed E-state index contributed by atoms with van der Waals surface area (Å²) in [6.45, 7) is 2.56. The number of aromatic nitrogens is 2. The highest BCUT2D eigenvalue weighted by atomic mass is 35.5. The molecule has 1 saturated carbocycles. The summed E-state index contributed by atoms with van der Waals surface area (Å²) in [5.74, 6) is -1.23. The van der Waals surface area contributed by atoms with Gasteiger partial charge in [0, 0.05) is 17.5 Å². The second kappa shape index (κ2) is 12.2. The fraction of sp³-hybridized carbons (Fsp3) is 0.344. The summed E-state index contributed by atoms with van der Waals surface area (Å²) in [4.78, 5) is 28.7. The molecule has 1 aromatic heterocycles. The van der Waals surface area contributed by atoms with Gasteiger partial charge >= 0.3 is 0 Å². The zero-order chi connectivity index (χ0) is 29.2. The molecule has 8 nitrogen and oxygen atoms in total. The van der Waals surface area contributed by atoms with Crippen LogP contribution in [0.1, 0.15) is 53.3 Å². The van der Waals surface area contributed by atoms with Crippen LogP contribution in [0, 0.1) is 5.82 Å². The van der Waals surface area contributed by atoms with E-state index in [1.54, 1.807) is 59.4 Å². The van der Waals surface area contributed by atoms with Crippen molar-refractivity contribution in [2.24, 2.45) is 0 Å². The van der Waals surface area contributed by atoms with Gasteiger partial charge in [0.05, 0.1) is 35.4 Å². The fourth-order valence-corrected chi connectivity index (χ4v) is 5.58. The number of likely N-dealkylation sites (tertiary alicyclic amines) is 1. The zero-order valence-corrected chi connectivity index (χ0v) is 23.8. The van der Waals surface area contributed by atoms with Crippen LogP contribution < -0.4 is 10.1 Å². The molecule has 218 valence electrons. The van der Waals surface area contributed by atoms with E-state index in [-0.39, 0.29) is 17.5 Å². The first-order valence-corrected chi connectivity index (χ1v) is 14.6. The third kappa shape index (κ3) is 6.48. The maximum atomic E-state index is 13.3. The average molecular weight is 591 g/mol. The molecular weight excluding hydrogens is 559 g/mol. The van der Waals surface area contributed by atoms with Gasteiger partial charge in [-0.05, 0) is 92.4 Å². The molecule has 2 heterocycles. The van der Waals surface area contributed by atoms with Crippen molar-refractivity contribution in [1.29, 1.82) is 0 Å². The van der Waals surface area contributed by atoms with Gasteiger partial charge in [-0.25, -0.2) is 4.39 Å². The number of nitrogens with one attached hydrogen (secondary N) is 1. The van der Waals surface area contributed by atoms with E-state index in [1.807, 2.05) is 0 Å². The number of rotatable bonds is 11. The van der Waals surface area contributed by atoms with Gasteiger partial charge in [0.2, 0.25) is 5.78 Å². The van der Waals surface area contributed by atoms with E-state index in [0.29, 0.717) is 34.8 Å². The normalized spacial score (nSPS) is 16.8. The third-order valence-corrected chi connectivity index (χ3v) is 8.12. The lowest BCUT2D eigenvalue weighted by Crippen LogP contribution is -2.48. The van der Waals surface area contributed by atoms with E-state index in [4.69, 9.17) is 16.3 Å². The smallest absolute Gasteiger partial charge is 0.292 e. The number of benzene rings is 3. The maximum absolute atomic E-state index is 13.3. The Bertz CT molecular complexity index is 1600. The quantitative estimate of drug-likeness (QED) is 0.190. The van der Waals surface area contributed by atoms with Crippen molar-refractivity contribution < 1.29 is 23.8 Å². The number of hydrogen-bond donors (Lipinski definition) is 2. The third-order valence-electron chi connectivity index (χ3n) is 7.82. The second-order valence-electron chi connectivity index (χ2n) is 11.1. The van der Waals surface area contributed by atoms with E-state index in [1.165, 1.54) is 12.1 Å². The fourth-order valence-electron chi connectivity index (χ4n) is 5.34. The van der Waals surface area contributed by atoms with Gasteiger partial charge in [-0.1, -0.05) is 29.8 Å². The molecule has 1 aliphatic heterocycles. The SMILES string of the molecule is O=C(N[C@H](CN1CCCC1)[C@H](O)c1ccc(OC2CC2)c(Cl)c1)C(=O)c1ccc2c(cnn2Cc2ccc(F)cc2)c1. The molecule has 0 unspecified atom stereocenters. The Labute approximate surface area is 248 Å². The van der Waals surface area contributed by atoms with Crippen LogP contribution in [0.15, 0.2) is 66.9 Å². The number of amides is 1. The Kier molecular flexibility index (Phi) is 8.24. The Balaban J connectivity index is 1.17. The van der Waals surface area contributed by atoms with Gasteiger partial charge in [-0.2, -0.15) is 5.10 Å². The predicted molar refractivity (Wildman–Crippen MR) is 157 cm³/mol. The van der Waals surface area contributed by atoms with Crippen molar-refractivity contribution in [2.45, 2.75) is 50.5 Å². The first-order chi connectivity index (χ1) is 20.3. The van der Waals surface area contributed by atoms with Gasteiger partial charge < -0.3 is 20.1 Å². The zero-order valence-electron chi connectivity index (χ0n) is 23.0. The standard InChI is InChI=1S/C32H32ClFN4O4/c33-26-16-22(6-12-29(26)42-25-9-10-25)30(39)27(19-37-13-1-2-14-37)36-32(41)31(40)21-5-11-28-23(15-21)17-35-38(28)18-20-3-7-24(34)8-4-20/h3-8,11-12,15-17,25,27,30,39H,1-2,9-10,13-14,18-19H2,(H,36,41)/t27-,30-/m1/s1. The largest absolute Gasteiger partial charge is 0.489 e. The van der Waals surface area contributed by atoms with Crippen molar-refractivity contribution in [3.05, 3.63) is 94.4 Å². The molecule has 42 heavy (non-hydrogen) atoms. The lowest BCUT2D eigenvalue weighted by atomic mass is 10.0. The second-order valence-corrected chi connectivity index (χ2v) is 11.5. The van der Waals surface area contributed by atoms with Crippen LogP contribution in [0.4, 0.5) is 4.39 Å². The molecule has 2 fully saturated rings. The van der Waals surface area contributed by atoms with Gasteiger partial charge in [0.15, 0.2) is 0 Å². The van der Waals surface area contributed by atoms with Crippen LogP contribution in [0.25, 0.3) is 10.9 Å². The minimum Gasteiger partial charge on any atom is -0.489 e. The summed E-state index contributed by atoms with van der Waals surface area (Å²) in [7, 11) is 0. The number of halogens is 2. The maximum Gasteiger partial charge on any atom is 0.292 e. The molecule has 1 saturated heterocycles.